The maximum atomic E-state index is 12.6. The molecule has 2 heterocycles. The molecule has 23 heavy (non-hydrogen) atoms. The van der Waals surface area contributed by atoms with Crippen LogP contribution in [0.2, 0.25) is 5.02 Å². The van der Waals surface area contributed by atoms with E-state index in [1.54, 1.807) is 18.2 Å². The van der Waals surface area contributed by atoms with Crippen molar-refractivity contribution >= 4 is 48.0 Å². The van der Waals surface area contributed by atoms with Gasteiger partial charge in [0.15, 0.2) is 0 Å². The topological polar surface area (TPSA) is 49.6 Å². The summed E-state index contributed by atoms with van der Waals surface area (Å²) in [5.74, 6) is 0.0273. The largest absolute Gasteiger partial charge is 0.399 e. The standard InChI is InChI=1S/C16H22ClN3O.2ClH/c17-15-10-12(18)4-5-14(15)16(21)20-9-6-13(11-20)19-7-2-1-3-8-19;;/h4-5,10,13H,1-3,6-9,11,18H2;2*1H. The van der Waals surface area contributed by atoms with Gasteiger partial charge in [0.25, 0.3) is 5.91 Å². The monoisotopic (exact) mass is 379 g/mol. The number of hydrogen-bond donors (Lipinski definition) is 1. The van der Waals surface area contributed by atoms with Crippen LogP contribution in [0.5, 0.6) is 0 Å². The number of anilines is 1. The molecule has 1 aromatic carbocycles. The van der Waals surface area contributed by atoms with Gasteiger partial charge in [-0.3, -0.25) is 9.69 Å². The van der Waals surface area contributed by atoms with E-state index in [0.717, 1.165) is 19.5 Å². The van der Waals surface area contributed by atoms with Gasteiger partial charge in [0.05, 0.1) is 10.6 Å². The van der Waals surface area contributed by atoms with Crippen molar-refractivity contribution in [3.05, 3.63) is 28.8 Å². The predicted molar refractivity (Wildman–Crippen MR) is 100 cm³/mol. The molecule has 1 atom stereocenters. The fourth-order valence-corrected chi connectivity index (χ4v) is 3.65. The molecule has 2 fully saturated rings. The van der Waals surface area contributed by atoms with Crippen molar-refractivity contribution in [2.24, 2.45) is 0 Å². The number of piperidine rings is 1. The number of nitrogens with zero attached hydrogens (tertiary/aromatic N) is 2. The summed E-state index contributed by atoms with van der Waals surface area (Å²) in [6, 6.07) is 5.63. The van der Waals surface area contributed by atoms with Crippen LogP contribution in [0.1, 0.15) is 36.0 Å². The Hall–Kier alpha value is -0.680. The molecule has 0 saturated carbocycles. The van der Waals surface area contributed by atoms with Crippen LogP contribution < -0.4 is 5.73 Å². The molecule has 0 radical (unpaired) electrons. The normalized spacial score (nSPS) is 21.4. The first-order valence-corrected chi connectivity index (χ1v) is 8.11. The van der Waals surface area contributed by atoms with Crippen LogP contribution in [-0.2, 0) is 0 Å². The van der Waals surface area contributed by atoms with Crippen molar-refractivity contribution in [3.63, 3.8) is 0 Å². The number of halogens is 3. The second-order valence-electron chi connectivity index (χ2n) is 6.03. The van der Waals surface area contributed by atoms with Gasteiger partial charge >= 0.3 is 0 Å². The van der Waals surface area contributed by atoms with E-state index in [4.69, 9.17) is 17.3 Å². The lowest BCUT2D eigenvalue weighted by molar-refractivity contribution is 0.0771. The molecule has 4 nitrogen and oxygen atoms in total. The van der Waals surface area contributed by atoms with E-state index in [1.165, 1.54) is 32.4 Å². The van der Waals surface area contributed by atoms with E-state index < -0.39 is 0 Å². The summed E-state index contributed by atoms with van der Waals surface area (Å²) in [5, 5.41) is 0.446. The summed E-state index contributed by atoms with van der Waals surface area (Å²) < 4.78 is 0. The van der Waals surface area contributed by atoms with Crippen molar-refractivity contribution < 1.29 is 4.79 Å². The van der Waals surface area contributed by atoms with Crippen LogP contribution in [-0.4, -0.2) is 47.9 Å². The fraction of sp³-hybridized carbons (Fsp3) is 0.562. The number of carbonyl (C=O) groups is 1. The number of benzene rings is 1. The lowest BCUT2D eigenvalue weighted by Crippen LogP contribution is -2.41. The summed E-state index contributed by atoms with van der Waals surface area (Å²) >= 11 is 6.15. The Kier molecular flexibility index (Phi) is 7.95. The molecule has 0 spiro atoms. The molecule has 7 heteroatoms. The molecular formula is C16H24Cl3N3O. The maximum Gasteiger partial charge on any atom is 0.255 e. The third-order valence-electron chi connectivity index (χ3n) is 4.58. The predicted octanol–water partition coefficient (Wildman–Crippen LogP) is 3.47. The molecule has 2 aliphatic rings. The van der Waals surface area contributed by atoms with E-state index in [2.05, 4.69) is 4.90 Å². The third kappa shape index (κ3) is 4.66. The van der Waals surface area contributed by atoms with Crippen molar-refractivity contribution in [2.45, 2.75) is 31.7 Å². The summed E-state index contributed by atoms with van der Waals surface area (Å²) in [7, 11) is 0. The van der Waals surface area contributed by atoms with Gasteiger partial charge in [-0.25, -0.2) is 0 Å². The van der Waals surface area contributed by atoms with Crippen molar-refractivity contribution in [3.8, 4) is 0 Å². The van der Waals surface area contributed by atoms with Crippen molar-refractivity contribution in [1.29, 1.82) is 0 Å². The fourth-order valence-electron chi connectivity index (χ4n) is 3.38. The number of carbonyl (C=O) groups excluding carboxylic acids is 1. The second kappa shape index (κ2) is 8.97. The minimum absolute atomic E-state index is 0. The van der Waals surface area contributed by atoms with Crippen LogP contribution in [0.25, 0.3) is 0 Å². The first-order valence-electron chi connectivity index (χ1n) is 7.73. The van der Waals surface area contributed by atoms with E-state index in [-0.39, 0.29) is 30.7 Å². The van der Waals surface area contributed by atoms with Crippen LogP contribution in [0, 0.1) is 0 Å². The molecule has 2 aliphatic heterocycles. The van der Waals surface area contributed by atoms with Gasteiger partial charge in [-0.15, -0.1) is 24.8 Å². The molecule has 1 unspecified atom stereocenters. The third-order valence-corrected chi connectivity index (χ3v) is 4.89. The minimum Gasteiger partial charge on any atom is -0.399 e. The summed E-state index contributed by atoms with van der Waals surface area (Å²) in [4.78, 5) is 17.1. The van der Waals surface area contributed by atoms with Gasteiger partial charge < -0.3 is 10.6 Å². The summed E-state index contributed by atoms with van der Waals surface area (Å²) in [6.07, 6.45) is 4.98. The van der Waals surface area contributed by atoms with Crippen LogP contribution in [0.3, 0.4) is 0 Å². The Morgan fingerprint density at radius 1 is 1.13 bits per heavy atom. The smallest absolute Gasteiger partial charge is 0.255 e. The average Bonchev–Trinajstić information content (AvgIpc) is 2.97. The van der Waals surface area contributed by atoms with Gasteiger partial charge in [0.1, 0.15) is 0 Å². The highest BCUT2D eigenvalue weighted by Crippen LogP contribution is 2.25. The molecule has 3 rings (SSSR count). The Bertz CT molecular complexity index is 535. The van der Waals surface area contributed by atoms with Gasteiger partial charge in [0.2, 0.25) is 0 Å². The average molecular weight is 381 g/mol. The SMILES string of the molecule is Cl.Cl.Nc1ccc(C(=O)N2CCC(N3CCCCC3)C2)c(Cl)c1. The highest BCUT2D eigenvalue weighted by molar-refractivity contribution is 6.34. The molecule has 1 amide bonds. The van der Waals surface area contributed by atoms with E-state index >= 15 is 0 Å². The maximum absolute atomic E-state index is 12.6. The lowest BCUT2D eigenvalue weighted by atomic mass is 10.1. The molecule has 2 saturated heterocycles. The minimum atomic E-state index is 0. The lowest BCUT2D eigenvalue weighted by Gasteiger charge is -2.32. The Morgan fingerprint density at radius 2 is 1.83 bits per heavy atom. The number of amides is 1. The van der Waals surface area contributed by atoms with E-state index in [9.17, 15) is 4.79 Å². The number of nitrogen functional groups attached to an aromatic ring is 1. The van der Waals surface area contributed by atoms with Crippen molar-refractivity contribution in [2.75, 3.05) is 31.9 Å². The zero-order chi connectivity index (χ0) is 14.8. The number of rotatable bonds is 2. The van der Waals surface area contributed by atoms with E-state index in [0.29, 0.717) is 22.3 Å². The molecule has 2 N–H and O–H groups in total. The molecular weight excluding hydrogens is 357 g/mol. The Morgan fingerprint density at radius 3 is 2.48 bits per heavy atom. The van der Waals surface area contributed by atoms with E-state index in [1.807, 2.05) is 4.90 Å². The van der Waals surface area contributed by atoms with Crippen LogP contribution in [0.4, 0.5) is 5.69 Å². The Labute approximate surface area is 155 Å². The zero-order valence-corrected chi connectivity index (χ0v) is 15.4. The first kappa shape index (κ1) is 20.4. The highest BCUT2D eigenvalue weighted by atomic mass is 35.5. The number of likely N-dealkylation sites (tertiary alicyclic amines) is 2. The van der Waals surface area contributed by atoms with Crippen LogP contribution in [0.15, 0.2) is 18.2 Å². The van der Waals surface area contributed by atoms with Crippen LogP contribution >= 0.6 is 36.4 Å². The molecule has 0 aliphatic carbocycles. The molecule has 130 valence electrons. The van der Waals surface area contributed by atoms with Gasteiger partial charge in [-0.05, 0) is 50.6 Å². The number of hydrogen-bond acceptors (Lipinski definition) is 3. The van der Waals surface area contributed by atoms with Crippen molar-refractivity contribution in [1.82, 2.24) is 9.80 Å². The molecule has 1 aromatic rings. The molecule has 0 aromatic heterocycles. The Balaban J connectivity index is 0.00000132. The highest BCUT2D eigenvalue weighted by Gasteiger charge is 2.31. The second-order valence-corrected chi connectivity index (χ2v) is 6.44. The van der Waals surface area contributed by atoms with Gasteiger partial charge in [-0.1, -0.05) is 18.0 Å². The van der Waals surface area contributed by atoms with Gasteiger partial charge in [0, 0.05) is 24.8 Å². The quantitative estimate of drug-likeness (QED) is 0.799. The summed E-state index contributed by atoms with van der Waals surface area (Å²) in [5.41, 5.74) is 6.83. The van der Waals surface area contributed by atoms with Gasteiger partial charge in [-0.2, -0.15) is 0 Å². The first-order chi connectivity index (χ1) is 10.1. The zero-order valence-electron chi connectivity index (χ0n) is 13.0. The molecule has 0 bridgehead atoms. The summed E-state index contributed by atoms with van der Waals surface area (Å²) in [6.45, 7) is 3.99. The number of nitrogens with two attached hydrogens (primary N) is 1.